The number of hydrogen-bond acceptors (Lipinski definition) is 2. The van der Waals surface area contributed by atoms with Crippen LogP contribution in [-0.2, 0) is 4.74 Å². The predicted molar refractivity (Wildman–Crippen MR) is 63.0 cm³/mol. The van der Waals surface area contributed by atoms with Crippen LogP contribution in [0, 0.1) is 5.92 Å². The van der Waals surface area contributed by atoms with Crippen molar-refractivity contribution in [2.24, 2.45) is 5.92 Å². The zero-order chi connectivity index (χ0) is 10.7. The zero-order valence-electron chi connectivity index (χ0n) is 10.2. The van der Waals surface area contributed by atoms with Gasteiger partial charge in [-0.15, -0.1) is 0 Å². The SMILES string of the molecule is CC1(C)CCC(CC2CCCCNC2)O1. The van der Waals surface area contributed by atoms with Crippen molar-refractivity contribution in [3.05, 3.63) is 0 Å². The molecule has 2 aliphatic rings. The van der Waals surface area contributed by atoms with Gasteiger partial charge in [-0.05, 0) is 65.0 Å². The highest BCUT2D eigenvalue weighted by Crippen LogP contribution is 2.33. The molecule has 2 atom stereocenters. The molecule has 0 saturated carbocycles. The van der Waals surface area contributed by atoms with E-state index in [9.17, 15) is 0 Å². The second-order valence-electron chi connectivity index (χ2n) is 5.84. The highest BCUT2D eigenvalue weighted by molar-refractivity contribution is 4.83. The summed E-state index contributed by atoms with van der Waals surface area (Å²) in [6.07, 6.45) is 8.46. The lowest BCUT2D eigenvalue weighted by molar-refractivity contribution is -0.0246. The molecule has 0 aromatic rings. The lowest BCUT2D eigenvalue weighted by Crippen LogP contribution is -2.26. The predicted octanol–water partition coefficient (Wildman–Crippen LogP) is 2.72. The second kappa shape index (κ2) is 4.84. The molecule has 0 aromatic carbocycles. The van der Waals surface area contributed by atoms with Gasteiger partial charge in [0, 0.05) is 0 Å². The fourth-order valence-corrected chi connectivity index (χ4v) is 2.91. The minimum Gasteiger partial charge on any atom is -0.372 e. The molecule has 2 fully saturated rings. The van der Waals surface area contributed by atoms with E-state index in [2.05, 4.69) is 19.2 Å². The molecule has 0 bridgehead atoms. The van der Waals surface area contributed by atoms with Crippen LogP contribution in [0.25, 0.3) is 0 Å². The summed E-state index contributed by atoms with van der Waals surface area (Å²) in [6.45, 7) is 6.87. The normalized spacial score (nSPS) is 36.4. The van der Waals surface area contributed by atoms with E-state index in [1.165, 1.54) is 51.6 Å². The average molecular weight is 211 g/mol. The standard InChI is InChI=1S/C13H25NO/c1-13(2)7-6-12(15-13)9-11-5-3-4-8-14-10-11/h11-12,14H,3-10H2,1-2H3. The topological polar surface area (TPSA) is 21.3 Å². The maximum atomic E-state index is 6.06. The van der Waals surface area contributed by atoms with E-state index in [-0.39, 0.29) is 5.60 Å². The van der Waals surface area contributed by atoms with Gasteiger partial charge in [0.1, 0.15) is 0 Å². The Morgan fingerprint density at radius 2 is 2.13 bits per heavy atom. The van der Waals surface area contributed by atoms with Crippen molar-refractivity contribution < 1.29 is 4.74 Å². The van der Waals surface area contributed by atoms with Crippen molar-refractivity contribution in [1.82, 2.24) is 5.32 Å². The molecule has 2 saturated heterocycles. The molecule has 0 radical (unpaired) electrons. The number of ether oxygens (including phenoxy) is 1. The molecule has 2 unspecified atom stereocenters. The lowest BCUT2D eigenvalue weighted by Gasteiger charge is -2.22. The Balaban J connectivity index is 1.76. The van der Waals surface area contributed by atoms with Crippen molar-refractivity contribution in [3.8, 4) is 0 Å². The minimum absolute atomic E-state index is 0.142. The first-order chi connectivity index (χ1) is 7.16. The third-order valence-corrected chi connectivity index (χ3v) is 3.80. The Morgan fingerprint density at radius 3 is 2.87 bits per heavy atom. The first-order valence-corrected chi connectivity index (χ1v) is 6.54. The number of nitrogens with one attached hydrogen (secondary N) is 1. The summed E-state index contributed by atoms with van der Waals surface area (Å²) in [5.41, 5.74) is 0.142. The van der Waals surface area contributed by atoms with E-state index in [1.807, 2.05) is 0 Å². The van der Waals surface area contributed by atoms with Crippen LogP contribution in [0.3, 0.4) is 0 Å². The van der Waals surface area contributed by atoms with Gasteiger partial charge in [-0.1, -0.05) is 6.42 Å². The van der Waals surface area contributed by atoms with Gasteiger partial charge in [0.15, 0.2) is 0 Å². The lowest BCUT2D eigenvalue weighted by atomic mass is 9.95. The Kier molecular flexibility index (Phi) is 3.68. The highest BCUT2D eigenvalue weighted by atomic mass is 16.5. The Morgan fingerprint density at radius 1 is 1.27 bits per heavy atom. The van der Waals surface area contributed by atoms with Crippen molar-refractivity contribution >= 4 is 0 Å². The molecular weight excluding hydrogens is 186 g/mol. The van der Waals surface area contributed by atoms with Gasteiger partial charge >= 0.3 is 0 Å². The second-order valence-corrected chi connectivity index (χ2v) is 5.84. The van der Waals surface area contributed by atoms with Gasteiger partial charge in [0.05, 0.1) is 11.7 Å². The summed E-state index contributed by atoms with van der Waals surface area (Å²) >= 11 is 0. The summed E-state index contributed by atoms with van der Waals surface area (Å²) in [5.74, 6) is 0.853. The van der Waals surface area contributed by atoms with Gasteiger partial charge in [-0.3, -0.25) is 0 Å². The molecule has 2 heteroatoms. The third kappa shape index (κ3) is 3.46. The minimum atomic E-state index is 0.142. The van der Waals surface area contributed by atoms with E-state index in [0.29, 0.717) is 6.10 Å². The first kappa shape index (κ1) is 11.4. The van der Waals surface area contributed by atoms with Crippen LogP contribution in [0.2, 0.25) is 0 Å². The molecule has 1 N–H and O–H groups in total. The molecule has 0 spiro atoms. The van der Waals surface area contributed by atoms with Gasteiger partial charge in [-0.25, -0.2) is 0 Å². The molecule has 88 valence electrons. The zero-order valence-corrected chi connectivity index (χ0v) is 10.2. The Hall–Kier alpha value is -0.0800. The van der Waals surface area contributed by atoms with Crippen LogP contribution >= 0.6 is 0 Å². The van der Waals surface area contributed by atoms with Crippen molar-refractivity contribution in [1.29, 1.82) is 0 Å². The van der Waals surface area contributed by atoms with E-state index in [1.54, 1.807) is 0 Å². The van der Waals surface area contributed by atoms with Gasteiger partial charge < -0.3 is 10.1 Å². The maximum Gasteiger partial charge on any atom is 0.0631 e. The van der Waals surface area contributed by atoms with Gasteiger partial charge in [0.25, 0.3) is 0 Å². The number of rotatable bonds is 2. The summed E-state index contributed by atoms with van der Waals surface area (Å²) in [7, 11) is 0. The summed E-state index contributed by atoms with van der Waals surface area (Å²) in [6, 6.07) is 0. The quantitative estimate of drug-likeness (QED) is 0.758. The monoisotopic (exact) mass is 211 g/mol. The van der Waals surface area contributed by atoms with E-state index in [0.717, 1.165) is 5.92 Å². The third-order valence-electron chi connectivity index (χ3n) is 3.80. The fraction of sp³-hybridized carbons (Fsp3) is 1.00. The molecule has 2 nitrogen and oxygen atoms in total. The van der Waals surface area contributed by atoms with Crippen LogP contribution in [0.15, 0.2) is 0 Å². The van der Waals surface area contributed by atoms with Crippen LogP contribution in [0.5, 0.6) is 0 Å². The average Bonchev–Trinajstić information content (AvgIpc) is 2.41. The molecule has 0 amide bonds. The van der Waals surface area contributed by atoms with Crippen molar-refractivity contribution in [3.63, 3.8) is 0 Å². The molecular formula is C13H25NO. The molecule has 2 rings (SSSR count). The molecule has 0 aliphatic carbocycles. The smallest absolute Gasteiger partial charge is 0.0631 e. The van der Waals surface area contributed by atoms with Crippen LogP contribution in [0.1, 0.15) is 52.4 Å². The van der Waals surface area contributed by atoms with Crippen LogP contribution in [-0.4, -0.2) is 24.8 Å². The highest BCUT2D eigenvalue weighted by Gasteiger charge is 2.32. The Bertz CT molecular complexity index is 192. The van der Waals surface area contributed by atoms with E-state index >= 15 is 0 Å². The molecule has 15 heavy (non-hydrogen) atoms. The summed E-state index contributed by atoms with van der Waals surface area (Å²) in [4.78, 5) is 0. The largest absolute Gasteiger partial charge is 0.372 e. The molecule has 0 aromatic heterocycles. The Labute approximate surface area is 93.8 Å². The van der Waals surface area contributed by atoms with Gasteiger partial charge in [0.2, 0.25) is 0 Å². The first-order valence-electron chi connectivity index (χ1n) is 6.54. The van der Waals surface area contributed by atoms with Crippen LogP contribution in [0.4, 0.5) is 0 Å². The fourth-order valence-electron chi connectivity index (χ4n) is 2.91. The maximum absolute atomic E-state index is 6.06. The van der Waals surface area contributed by atoms with Gasteiger partial charge in [-0.2, -0.15) is 0 Å². The molecule has 2 heterocycles. The van der Waals surface area contributed by atoms with Crippen molar-refractivity contribution in [2.45, 2.75) is 64.1 Å². The van der Waals surface area contributed by atoms with Crippen LogP contribution < -0.4 is 5.32 Å². The van der Waals surface area contributed by atoms with E-state index in [4.69, 9.17) is 4.74 Å². The summed E-state index contributed by atoms with van der Waals surface area (Å²) < 4.78 is 6.06. The van der Waals surface area contributed by atoms with E-state index < -0.39 is 0 Å². The van der Waals surface area contributed by atoms with Crippen molar-refractivity contribution in [2.75, 3.05) is 13.1 Å². The summed E-state index contributed by atoms with van der Waals surface area (Å²) in [5, 5.41) is 3.54. The number of hydrogen-bond donors (Lipinski definition) is 1. The molecule has 2 aliphatic heterocycles.